The third-order valence-electron chi connectivity index (χ3n) is 3.76. The van der Waals surface area contributed by atoms with Crippen LogP contribution in [0.1, 0.15) is 19.2 Å². The quantitative estimate of drug-likeness (QED) is 0.719. The molecule has 3 rings (SSSR count). The van der Waals surface area contributed by atoms with Gasteiger partial charge in [0, 0.05) is 13.1 Å². The van der Waals surface area contributed by atoms with Gasteiger partial charge in [-0.25, -0.2) is 4.79 Å². The Hall–Kier alpha value is -2.68. The van der Waals surface area contributed by atoms with Gasteiger partial charge in [-0.05, 0) is 18.6 Å². The van der Waals surface area contributed by atoms with Crippen LogP contribution >= 0.6 is 0 Å². The predicted octanol–water partition coefficient (Wildman–Crippen LogP) is -0.324. The first-order valence-corrected chi connectivity index (χ1v) is 7.95. The Morgan fingerprint density at radius 1 is 1.46 bits per heavy atom. The van der Waals surface area contributed by atoms with Crippen LogP contribution in [0.25, 0.3) is 11.7 Å². The maximum absolute atomic E-state index is 12.3. The van der Waals surface area contributed by atoms with Gasteiger partial charge in [-0.1, -0.05) is 6.92 Å². The van der Waals surface area contributed by atoms with Gasteiger partial charge in [0.1, 0.15) is 0 Å². The van der Waals surface area contributed by atoms with E-state index in [0.717, 1.165) is 17.9 Å². The number of nitrogens with one attached hydrogen (secondary N) is 2. The minimum atomic E-state index is -0.325. The predicted molar refractivity (Wildman–Crippen MR) is 81.8 cm³/mol. The van der Waals surface area contributed by atoms with Crippen LogP contribution in [-0.2, 0) is 11.3 Å². The van der Waals surface area contributed by atoms with Crippen molar-refractivity contribution in [3.05, 3.63) is 24.3 Å². The Balaban J connectivity index is 1.63. The van der Waals surface area contributed by atoms with Gasteiger partial charge >= 0.3 is 6.03 Å². The fourth-order valence-corrected chi connectivity index (χ4v) is 2.65. The molecule has 2 N–H and O–H groups in total. The molecule has 0 spiro atoms. The van der Waals surface area contributed by atoms with Crippen molar-refractivity contribution < 1.29 is 23.3 Å². The monoisotopic (exact) mass is 334 g/mol. The molecule has 3 amide bonds. The van der Waals surface area contributed by atoms with E-state index in [1.54, 1.807) is 12.1 Å². The van der Waals surface area contributed by atoms with Gasteiger partial charge < -0.3 is 19.1 Å². The zero-order valence-electron chi connectivity index (χ0n) is 13.4. The number of hydrogen-bond donors (Lipinski definition) is 2. The Bertz CT molecular complexity index is 697. The number of carbonyl (C=O) groups excluding carboxylic acids is 2. The molecule has 0 bridgehead atoms. The molecule has 1 aliphatic rings. The Labute approximate surface area is 138 Å². The Kier molecular flexibility index (Phi) is 4.90. The number of imide groups is 1. The van der Waals surface area contributed by atoms with E-state index in [-0.39, 0.29) is 18.5 Å². The zero-order chi connectivity index (χ0) is 16.9. The molecule has 1 saturated heterocycles. The molecule has 1 unspecified atom stereocenters. The normalized spacial score (nSPS) is 15.5. The summed E-state index contributed by atoms with van der Waals surface area (Å²) in [4.78, 5) is 26.1. The maximum atomic E-state index is 12.3. The van der Waals surface area contributed by atoms with Crippen molar-refractivity contribution in [1.29, 1.82) is 0 Å². The van der Waals surface area contributed by atoms with Crippen LogP contribution < -0.4 is 10.2 Å². The number of aromatic nitrogens is 2. The topological polar surface area (TPSA) is 106 Å². The number of furan rings is 1. The number of amides is 3. The third kappa shape index (κ3) is 3.62. The minimum absolute atomic E-state index is 0.195. The summed E-state index contributed by atoms with van der Waals surface area (Å²) in [5.41, 5.74) is 0. The van der Waals surface area contributed by atoms with Gasteiger partial charge in [-0.2, -0.15) is 0 Å². The Morgan fingerprint density at radius 2 is 2.33 bits per heavy atom. The van der Waals surface area contributed by atoms with E-state index in [1.165, 1.54) is 11.2 Å². The summed E-state index contributed by atoms with van der Waals surface area (Å²) in [5.74, 6) is 1.06. The van der Waals surface area contributed by atoms with Crippen LogP contribution in [-0.4, -0.2) is 53.2 Å². The van der Waals surface area contributed by atoms with E-state index in [9.17, 15) is 9.59 Å². The standard InChI is InChI=1S/C15H19N5O4/c1-2-6-19(10-13(21)20-7-5-16-15(20)22)9-12-17-18-14(24-12)11-4-3-8-23-11/h3-4,8H,2,5-7,9-10H2,1H3,(H,16,22)/p+1. The summed E-state index contributed by atoms with van der Waals surface area (Å²) in [5, 5.41) is 10.6. The van der Waals surface area contributed by atoms with Crippen LogP contribution in [0.15, 0.2) is 27.2 Å². The number of hydrogen-bond acceptors (Lipinski definition) is 6. The van der Waals surface area contributed by atoms with Crippen LogP contribution in [0.4, 0.5) is 4.79 Å². The molecule has 2 aromatic rings. The van der Waals surface area contributed by atoms with Crippen LogP contribution in [0.5, 0.6) is 0 Å². The molecule has 0 aliphatic carbocycles. The number of nitrogens with zero attached hydrogens (tertiary/aromatic N) is 3. The number of urea groups is 1. The molecule has 0 saturated carbocycles. The van der Waals surface area contributed by atoms with Crippen LogP contribution in [0.2, 0.25) is 0 Å². The van der Waals surface area contributed by atoms with Crippen LogP contribution in [0.3, 0.4) is 0 Å². The third-order valence-corrected chi connectivity index (χ3v) is 3.76. The highest BCUT2D eigenvalue weighted by Gasteiger charge is 2.29. The van der Waals surface area contributed by atoms with E-state index < -0.39 is 0 Å². The molecule has 3 heterocycles. The van der Waals surface area contributed by atoms with Gasteiger partial charge in [0.25, 0.3) is 17.7 Å². The average molecular weight is 334 g/mol. The van der Waals surface area contributed by atoms with Gasteiger partial charge in [0.05, 0.1) is 12.8 Å². The molecule has 0 aromatic carbocycles. The number of carbonyl (C=O) groups is 2. The largest absolute Gasteiger partial charge is 0.459 e. The van der Waals surface area contributed by atoms with Gasteiger partial charge in [0.15, 0.2) is 18.8 Å². The van der Waals surface area contributed by atoms with Gasteiger partial charge in [-0.3, -0.25) is 9.69 Å². The second-order valence-corrected chi connectivity index (χ2v) is 5.61. The first-order valence-electron chi connectivity index (χ1n) is 7.95. The second kappa shape index (κ2) is 7.26. The molecule has 0 radical (unpaired) electrons. The molecule has 1 aliphatic heterocycles. The summed E-state index contributed by atoms with van der Waals surface area (Å²) in [6.07, 6.45) is 2.43. The molecular weight excluding hydrogens is 314 g/mol. The molecule has 1 atom stereocenters. The summed E-state index contributed by atoms with van der Waals surface area (Å²) in [6.45, 7) is 4.35. The Morgan fingerprint density at radius 3 is 3.00 bits per heavy atom. The van der Waals surface area contributed by atoms with Crippen molar-refractivity contribution in [2.24, 2.45) is 0 Å². The highest BCUT2D eigenvalue weighted by Crippen LogP contribution is 2.17. The summed E-state index contributed by atoms with van der Waals surface area (Å²) in [6, 6.07) is 3.16. The highest BCUT2D eigenvalue weighted by molar-refractivity contribution is 5.96. The summed E-state index contributed by atoms with van der Waals surface area (Å²) >= 11 is 0. The SMILES string of the molecule is CCC[NH+](CC(=O)N1CCNC1=O)Cc1nnc(-c2ccco2)o1. The average Bonchev–Trinajstić information content (AvgIpc) is 3.27. The second-order valence-electron chi connectivity index (χ2n) is 5.61. The lowest BCUT2D eigenvalue weighted by Crippen LogP contribution is -3.12. The fraction of sp³-hybridized carbons (Fsp3) is 0.467. The molecule has 9 nitrogen and oxygen atoms in total. The summed E-state index contributed by atoms with van der Waals surface area (Å²) in [7, 11) is 0. The summed E-state index contributed by atoms with van der Waals surface area (Å²) < 4.78 is 10.8. The van der Waals surface area contributed by atoms with Crippen molar-refractivity contribution in [2.45, 2.75) is 19.9 Å². The lowest BCUT2D eigenvalue weighted by atomic mass is 10.3. The van der Waals surface area contributed by atoms with E-state index >= 15 is 0 Å². The van der Waals surface area contributed by atoms with E-state index in [2.05, 4.69) is 15.5 Å². The van der Waals surface area contributed by atoms with Crippen molar-refractivity contribution in [1.82, 2.24) is 20.4 Å². The van der Waals surface area contributed by atoms with Gasteiger partial charge in [-0.15, -0.1) is 10.2 Å². The lowest BCUT2D eigenvalue weighted by Gasteiger charge is -2.19. The maximum Gasteiger partial charge on any atom is 0.324 e. The molecule has 2 aromatic heterocycles. The lowest BCUT2D eigenvalue weighted by molar-refractivity contribution is -0.907. The van der Waals surface area contributed by atoms with E-state index in [1.807, 2.05) is 6.92 Å². The smallest absolute Gasteiger partial charge is 0.324 e. The van der Waals surface area contributed by atoms with Gasteiger partial charge in [0.2, 0.25) is 0 Å². The van der Waals surface area contributed by atoms with Crippen LogP contribution in [0, 0.1) is 0 Å². The van der Waals surface area contributed by atoms with E-state index in [0.29, 0.717) is 37.2 Å². The molecular formula is C15H20N5O4+. The molecule has 1 fully saturated rings. The van der Waals surface area contributed by atoms with Crippen molar-refractivity contribution >= 4 is 11.9 Å². The van der Waals surface area contributed by atoms with Crippen molar-refractivity contribution in [3.63, 3.8) is 0 Å². The number of rotatable bonds is 7. The number of quaternary nitrogens is 1. The fourth-order valence-electron chi connectivity index (χ4n) is 2.65. The van der Waals surface area contributed by atoms with Crippen molar-refractivity contribution in [2.75, 3.05) is 26.2 Å². The molecule has 128 valence electrons. The minimum Gasteiger partial charge on any atom is -0.459 e. The van der Waals surface area contributed by atoms with Crippen molar-refractivity contribution in [3.8, 4) is 11.7 Å². The zero-order valence-corrected chi connectivity index (χ0v) is 13.4. The molecule has 9 heteroatoms. The highest BCUT2D eigenvalue weighted by atomic mass is 16.4. The first kappa shape index (κ1) is 16.2. The molecule has 24 heavy (non-hydrogen) atoms. The first-order chi connectivity index (χ1) is 11.7. The van der Waals surface area contributed by atoms with E-state index in [4.69, 9.17) is 8.83 Å².